The second-order valence-electron chi connectivity index (χ2n) is 4.94. The van der Waals surface area contributed by atoms with Gasteiger partial charge < -0.3 is 0 Å². The largest absolute Gasteiger partial charge is 0.300 e. The predicted molar refractivity (Wildman–Crippen MR) is 67.1 cm³/mol. The van der Waals surface area contributed by atoms with E-state index in [1.807, 2.05) is 12.1 Å². The Morgan fingerprint density at radius 1 is 1.38 bits per heavy atom. The Kier molecular flexibility index (Phi) is 3.27. The summed E-state index contributed by atoms with van der Waals surface area (Å²) in [6, 6.07) is 5.57. The van der Waals surface area contributed by atoms with Crippen molar-refractivity contribution in [2.75, 3.05) is 0 Å². The molecule has 0 saturated heterocycles. The summed E-state index contributed by atoms with van der Waals surface area (Å²) in [5.41, 5.74) is 1.16. The molecule has 0 heterocycles. The SMILES string of the molecule is CC1(Cc2ccc(Cl)cc2Cl)CCC(=O)C1. The Morgan fingerprint density at radius 2 is 2.12 bits per heavy atom. The number of ketones is 1. The molecule has 0 bridgehead atoms. The van der Waals surface area contributed by atoms with Crippen molar-refractivity contribution in [3.63, 3.8) is 0 Å². The van der Waals surface area contributed by atoms with Gasteiger partial charge in [-0.25, -0.2) is 0 Å². The molecule has 16 heavy (non-hydrogen) atoms. The molecule has 0 spiro atoms. The van der Waals surface area contributed by atoms with Crippen LogP contribution in [0.3, 0.4) is 0 Å². The standard InChI is InChI=1S/C13H14Cl2O/c1-13(5-4-11(16)8-13)7-9-2-3-10(14)6-12(9)15/h2-3,6H,4-5,7-8H2,1H3. The molecule has 1 saturated carbocycles. The lowest BCUT2D eigenvalue weighted by molar-refractivity contribution is -0.117. The second-order valence-corrected chi connectivity index (χ2v) is 5.78. The van der Waals surface area contributed by atoms with E-state index >= 15 is 0 Å². The van der Waals surface area contributed by atoms with Gasteiger partial charge in [-0.05, 0) is 36.0 Å². The first-order valence-corrected chi connectivity index (χ1v) is 6.20. The molecule has 1 nitrogen and oxygen atoms in total. The molecule has 1 aromatic rings. The van der Waals surface area contributed by atoms with Gasteiger partial charge in [-0.1, -0.05) is 36.2 Å². The first-order chi connectivity index (χ1) is 7.48. The summed E-state index contributed by atoms with van der Waals surface area (Å²) in [5.74, 6) is 0.368. The fraction of sp³-hybridized carbons (Fsp3) is 0.462. The van der Waals surface area contributed by atoms with Gasteiger partial charge in [0, 0.05) is 22.9 Å². The molecular weight excluding hydrogens is 243 g/mol. The quantitative estimate of drug-likeness (QED) is 0.772. The number of benzene rings is 1. The van der Waals surface area contributed by atoms with Gasteiger partial charge in [-0.15, -0.1) is 0 Å². The van der Waals surface area contributed by atoms with Gasteiger partial charge in [0.15, 0.2) is 0 Å². The highest BCUT2D eigenvalue weighted by molar-refractivity contribution is 6.35. The number of carbonyl (C=O) groups is 1. The van der Waals surface area contributed by atoms with Crippen LogP contribution in [-0.2, 0) is 11.2 Å². The zero-order chi connectivity index (χ0) is 11.8. The van der Waals surface area contributed by atoms with Gasteiger partial charge in [0.25, 0.3) is 0 Å². The minimum Gasteiger partial charge on any atom is -0.300 e. The summed E-state index contributed by atoms with van der Waals surface area (Å²) in [7, 11) is 0. The highest BCUT2D eigenvalue weighted by Gasteiger charge is 2.34. The topological polar surface area (TPSA) is 17.1 Å². The summed E-state index contributed by atoms with van der Waals surface area (Å²) in [6.07, 6.45) is 3.20. The molecule has 0 N–H and O–H groups in total. The Bertz CT molecular complexity index is 428. The molecular formula is C13H14Cl2O. The van der Waals surface area contributed by atoms with E-state index < -0.39 is 0 Å². The lowest BCUT2D eigenvalue weighted by Crippen LogP contribution is -2.15. The van der Waals surface area contributed by atoms with E-state index in [0.717, 1.165) is 18.4 Å². The van der Waals surface area contributed by atoms with Gasteiger partial charge in [0.05, 0.1) is 0 Å². The van der Waals surface area contributed by atoms with Crippen LogP contribution in [0.1, 0.15) is 31.7 Å². The molecule has 1 aliphatic rings. The minimum atomic E-state index is 0.0779. The van der Waals surface area contributed by atoms with Crippen molar-refractivity contribution in [1.29, 1.82) is 0 Å². The van der Waals surface area contributed by atoms with Crippen molar-refractivity contribution in [3.8, 4) is 0 Å². The van der Waals surface area contributed by atoms with E-state index in [0.29, 0.717) is 28.7 Å². The van der Waals surface area contributed by atoms with Crippen LogP contribution in [0.2, 0.25) is 10.0 Å². The monoisotopic (exact) mass is 256 g/mol. The van der Waals surface area contributed by atoms with Gasteiger partial charge in [-0.3, -0.25) is 4.79 Å². The van der Waals surface area contributed by atoms with Crippen molar-refractivity contribution in [2.24, 2.45) is 5.41 Å². The van der Waals surface area contributed by atoms with Gasteiger partial charge in [-0.2, -0.15) is 0 Å². The fourth-order valence-electron chi connectivity index (χ4n) is 2.37. The van der Waals surface area contributed by atoms with E-state index in [9.17, 15) is 4.79 Å². The number of rotatable bonds is 2. The molecule has 0 aromatic heterocycles. The first kappa shape index (κ1) is 11.9. The summed E-state index contributed by atoms with van der Waals surface area (Å²) in [4.78, 5) is 11.3. The van der Waals surface area contributed by atoms with Crippen LogP contribution in [-0.4, -0.2) is 5.78 Å². The highest BCUT2D eigenvalue weighted by Crippen LogP contribution is 2.40. The Balaban J connectivity index is 2.17. The third kappa shape index (κ3) is 2.58. The molecule has 1 aliphatic carbocycles. The van der Waals surface area contributed by atoms with Crippen molar-refractivity contribution in [3.05, 3.63) is 33.8 Å². The maximum atomic E-state index is 11.3. The molecule has 1 unspecified atom stereocenters. The van der Waals surface area contributed by atoms with E-state index in [2.05, 4.69) is 6.92 Å². The number of halogens is 2. The fourth-order valence-corrected chi connectivity index (χ4v) is 2.85. The van der Waals surface area contributed by atoms with Crippen molar-refractivity contribution >= 4 is 29.0 Å². The number of Topliss-reactive ketones (excluding diaryl/α,β-unsaturated/α-hetero) is 1. The zero-order valence-corrected chi connectivity index (χ0v) is 10.7. The van der Waals surface area contributed by atoms with Crippen molar-refractivity contribution in [2.45, 2.75) is 32.6 Å². The van der Waals surface area contributed by atoms with Crippen LogP contribution in [0.4, 0.5) is 0 Å². The summed E-state index contributed by atoms with van der Waals surface area (Å²) >= 11 is 12.0. The normalized spacial score (nSPS) is 25.1. The number of carbonyl (C=O) groups excluding carboxylic acids is 1. The molecule has 1 atom stereocenters. The summed E-state index contributed by atoms with van der Waals surface area (Å²) in [5, 5.41) is 1.36. The predicted octanol–water partition coefficient (Wildman–Crippen LogP) is 4.30. The summed E-state index contributed by atoms with van der Waals surface area (Å²) < 4.78 is 0. The van der Waals surface area contributed by atoms with Gasteiger partial charge >= 0.3 is 0 Å². The number of hydrogen-bond donors (Lipinski definition) is 0. The van der Waals surface area contributed by atoms with E-state index in [1.165, 1.54) is 0 Å². The smallest absolute Gasteiger partial charge is 0.133 e. The third-order valence-corrected chi connectivity index (χ3v) is 3.85. The molecule has 2 rings (SSSR count). The van der Waals surface area contributed by atoms with Crippen LogP contribution in [0.5, 0.6) is 0 Å². The average molecular weight is 257 g/mol. The van der Waals surface area contributed by atoms with Gasteiger partial charge in [0.1, 0.15) is 5.78 Å². The van der Waals surface area contributed by atoms with Crippen molar-refractivity contribution < 1.29 is 4.79 Å². The molecule has 86 valence electrons. The van der Waals surface area contributed by atoms with E-state index in [1.54, 1.807) is 6.07 Å². The maximum Gasteiger partial charge on any atom is 0.133 e. The first-order valence-electron chi connectivity index (χ1n) is 5.44. The van der Waals surface area contributed by atoms with Crippen LogP contribution in [0.15, 0.2) is 18.2 Å². The van der Waals surface area contributed by atoms with E-state index in [4.69, 9.17) is 23.2 Å². The Hall–Kier alpha value is -0.530. The highest BCUT2D eigenvalue weighted by atomic mass is 35.5. The Labute approximate surface area is 106 Å². The molecule has 0 radical (unpaired) electrons. The molecule has 1 fully saturated rings. The van der Waals surface area contributed by atoms with Crippen LogP contribution in [0.25, 0.3) is 0 Å². The number of hydrogen-bond acceptors (Lipinski definition) is 1. The Morgan fingerprint density at radius 3 is 2.69 bits per heavy atom. The average Bonchev–Trinajstić information content (AvgIpc) is 2.52. The van der Waals surface area contributed by atoms with Gasteiger partial charge in [0.2, 0.25) is 0 Å². The second kappa shape index (κ2) is 4.38. The maximum absolute atomic E-state index is 11.3. The molecule has 1 aromatic carbocycles. The zero-order valence-electron chi connectivity index (χ0n) is 9.22. The minimum absolute atomic E-state index is 0.0779. The third-order valence-electron chi connectivity index (χ3n) is 3.26. The lowest BCUT2D eigenvalue weighted by Gasteiger charge is -2.23. The van der Waals surface area contributed by atoms with Crippen molar-refractivity contribution in [1.82, 2.24) is 0 Å². The van der Waals surface area contributed by atoms with Crippen LogP contribution < -0.4 is 0 Å². The lowest BCUT2D eigenvalue weighted by atomic mass is 9.82. The van der Waals surface area contributed by atoms with E-state index in [-0.39, 0.29) is 5.41 Å². The summed E-state index contributed by atoms with van der Waals surface area (Å²) in [6.45, 7) is 2.16. The van der Waals surface area contributed by atoms with Crippen LogP contribution in [0, 0.1) is 5.41 Å². The van der Waals surface area contributed by atoms with Crippen LogP contribution >= 0.6 is 23.2 Å². The molecule has 0 amide bonds. The molecule has 0 aliphatic heterocycles. The molecule has 3 heteroatoms.